The fraction of sp³-hybridized carbons (Fsp3) is 0.312. The third-order valence-corrected chi connectivity index (χ3v) is 4.21. The van der Waals surface area contributed by atoms with Crippen LogP contribution >= 0.6 is 11.8 Å². The Bertz CT molecular complexity index is 615. The summed E-state index contributed by atoms with van der Waals surface area (Å²) in [7, 11) is 0. The van der Waals surface area contributed by atoms with Crippen molar-refractivity contribution in [3.8, 4) is 5.75 Å². The first kappa shape index (κ1) is 17.1. The van der Waals surface area contributed by atoms with E-state index < -0.39 is 5.25 Å². The molecule has 0 unspecified atom stereocenters. The van der Waals surface area contributed by atoms with Crippen LogP contribution in [0.25, 0.3) is 0 Å². The molecule has 23 heavy (non-hydrogen) atoms. The number of rotatable bonds is 7. The Balaban J connectivity index is 1.91. The van der Waals surface area contributed by atoms with Gasteiger partial charge in [-0.2, -0.15) is 0 Å². The SMILES string of the molecule is C=CCN1C(=O)S[C@H](CC(=O)Nc2ccc(OCC)cc2)C1=O. The molecule has 1 N–H and O–H groups in total. The van der Waals surface area contributed by atoms with Crippen molar-refractivity contribution in [3.63, 3.8) is 0 Å². The van der Waals surface area contributed by atoms with Gasteiger partial charge in [-0.25, -0.2) is 0 Å². The Labute approximate surface area is 138 Å². The number of carbonyl (C=O) groups excluding carboxylic acids is 3. The molecule has 1 aromatic carbocycles. The summed E-state index contributed by atoms with van der Waals surface area (Å²) in [4.78, 5) is 36.9. The molecule has 0 spiro atoms. The van der Waals surface area contributed by atoms with Gasteiger partial charge < -0.3 is 10.1 Å². The average molecular weight is 334 g/mol. The van der Waals surface area contributed by atoms with E-state index in [9.17, 15) is 14.4 Å². The lowest BCUT2D eigenvalue weighted by atomic mass is 10.2. The van der Waals surface area contributed by atoms with Crippen molar-refractivity contribution >= 4 is 34.5 Å². The molecule has 7 heteroatoms. The Morgan fingerprint density at radius 1 is 1.39 bits per heavy atom. The molecule has 1 aliphatic heterocycles. The lowest BCUT2D eigenvalue weighted by Crippen LogP contribution is -2.33. The summed E-state index contributed by atoms with van der Waals surface area (Å²) in [6.45, 7) is 6.14. The number of thioether (sulfide) groups is 1. The molecule has 3 amide bonds. The van der Waals surface area contributed by atoms with E-state index in [1.54, 1.807) is 24.3 Å². The van der Waals surface area contributed by atoms with E-state index in [0.29, 0.717) is 12.3 Å². The predicted molar refractivity (Wildman–Crippen MR) is 89.5 cm³/mol. The highest BCUT2D eigenvalue weighted by Crippen LogP contribution is 2.29. The second kappa shape index (κ2) is 7.82. The van der Waals surface area contributed by atoms with Gasteiger partial charge in [-0.1, -0.05) is 17.8 Å². The van der Waals surface area contributed by atoms with Crippen LogP contribution in [0.3, 0.4) is 0 Å². The number of nitrogens with one attached hydrogen (secondary N) is 1. The van der Waals surface area contributed by atoms with E-state index in [-0.39, 0.29) is 30.0 Å². The van der Waals surface area contributed by atoms with Crippen molar-refractivity contribution < 1.29 is 19.1 Å². The molecule has 0 aromatic heterocycles. The van der Waals surface area contributed by atoms with Crippen molar-refractivity contribution in [3.05, 3.63) is 36.9 Å². The van der Waals surface area contributed by atoms with Gasteiger partial charge in [0, 0.05) is 18.7 Å². The number of hydrogen-bond acceptors (Lipinski definition) is 5. The molecule has 1 aliphatic rings. The largest absolute Gasteiger partial charge is 0.494 e. The number of benzene rings is 1. The minimum Gasteiger partial charge on any atom is -0.494 e. The molecule has 1 aromatic rings. The standard InChI is InChI=1S/C16H18N2O4S/c1-3-9-18-15(20)13(23-16(18)21)10-14(19)17-11-5-7-12(8-6-11)22-4-2/h3,5-8,13H,1,4,9-10H2,2H3,(H,17,19)/t13-/m1/s1. The number of amides is 3. The summed E-state index contributed by atoms with van der Waals surface area (Å²) in [5, 5.41) is 1.70. The zero-order chi connectivity index (χ0) is 16.8. The van der Waals surface area contributed by atoms with E-state index in [1.807, 2.05) is 6.92 Å². The maximum absolute atomic E-state index is 12.1. The van der Waals surface area contributed by atoms with Gasteiger partial charge in [0.2, 0.25) is 11.8 Å². The van der Waals surface area contributed by atoms with Gasteiger partial charge in [0.25, 0.3) is 5.24 Å². The van der Waals surface area contributed by atoms with Crippen molar-refractivity contribution in [2.24, 2.45) is 0 Å². The monoisotopic (exact) mass is 334 g/mol. The quantitative estimate of drug-likeness (QED) is 0.776. The van der Waals surface area contributed by atoms with Crippen molar-refractivity contribution in [2.45, 2.75) is 18.6 Å². The average Bonchev–Trinajstić information content (AvgIpc) is 2.77. The fourth-order valence-electron chi connectivity index (χ4n) is 2.10. The van der Waals surface area contributed by atoms with Gasteiger partial charge in [-0.05, 0) is 31.2 Å². The molecule has 0 bridgehead atoms. The summed E-state index contributed by atoms with van der Waals surface area (Å²) in [5.41, 5.74) is 0.614. The van der Waals surface area contributed by atoms with E-state index in [0.717, 1.165) is 22.4 Å². The van der Waals surface area contributed by atoms with E-state index in [1.165, 1.54) is 6.08 Å². The van der Waals surface area contributed by atoms with Crippen molar-refractivity contribution in [1.29, 1.82) is 0 Å². The van der Waals surface area contributed by atoms with E-state index >= 15 is 0 Å². The Morgan fingerprint density at radius 2 is 2.09 bits per heavy atom. The summed E-state index contributed by atoms with van der Waals surface area (Å²) >= 11 is 0.878. The lowest BCUT2D eigenvalue weighted by Gasteiger charge is -2.11. The minimum atomic E-state index is -0.676. The van der Waals surface area contributed by atoms with Crippen molar-refractivity contribution in [2.75, 3.05) is 18.5 Å². The van der Waals surface area contributed by atoms with Crippen LogP contribution in [0, 0.1) is 0 Å². The van der Waals surface area contributed by atoms with Crippen LogP contribution in [-0.4, -0.2) is 40.4 Å². The number of nitrogens with zero attached hydrogens (tertiary/aromatic N) is 1. The number of ether oxygens (including phenoxy) is 1. The molecule has 1 saturated heterocycles. The van der Waals surface area contributed by atoms with Crippen LogP contribution in [0.5, 0.6) is 5.75 Å². The number of carbonyl (C=O) groups is 3. The van der Waals surface area contributed by atoms with Crippen LogP contribution in [0.1, 0.15) is 13.3 Å². The van der Waals surface area contributed by atoms with Crippen LogP contribution in [0.2, 0.25) is 0 Å². The first-order valence-corrected chi connectivity index (χ1v) is 8.08. The molecule has 0 aliphatic carbocycles. The fourth-order valence-corrected chi connectivity index (χ4v) is 3.10. The lowest BCUT2D eigenvalue weighted by molar-refractivity contribution is -0.128. The van der Waals surface area contributed by atoms with E-state index in [2.05, 4.69) is 11.9 Å². The maximum atomic E-state index is 12.1. The van der Waals surface area contributed by atoms with Crippen LogP contribution in [0.4, 0.5) is 10.5 Å². The first-order chi connectivity index (χ1) is 11.0. The highest BCUT2D eigenvalue weighted by Gasteiger charge is 2.39. The Morgan fingerprint density at radius 3 is 2.70 bits per heavy atom. The molecule has 2 rings (SSSR count). The first-order valence-electron chi connectivity index (χ1n) is 7.20. The molecule has 0 radical (unpaired) electrons. The number of imide groups is 1. The predicted octanol–water partition coefficient (Wildman–Crippen LogP) is 2.66. The molecule has 1 atom stereocenters. The third kappa shape index (κ3) is 4.35. The minimum absolute atomic E-state index is 0.0455. The normalized spacial score (nSPS) is 17.3. The molecule has 6 nitrogen and oxygen atoms in total. The maximum Gasteiger partial charge on any atom is 0.289 e. The van der Waals surface area contributed by atoms with Crippen molar-refractivity contribution in [1.82, 2.24) is 4.90 Å². The Hall–Kier alpha value is -2.28. The second-order valence-corrected chi connectivity index (χ2v) is 5.97. The highest BCUT2D eigenvalue weighted by atomic mass is 32.2. The summed E-state index contributed by atoms with van der Waals surface area (Å²) in [6.07, 6.45) is 1.44. The third-order valence-electron chi connectivity index (χ3n) is 3.14. The number of anilines is 1. The molecule has 122 valence electrons. The van der Waals surface area contributed by atoms with Gasteiger partial charge in [0.15, 0.2) is 0 Å². The van der Waals surface area contributed by atoms with Gasteiger partial charge in [0.1, 0.15) is 11.0 Å². The molecule has 0 saturated carbocycles. The number of hydrogen-bond donors (Lipinski definition) is 1. The highest BCUT2D eigenvalue weighted by molar-refractivity contribution is 8.15. The second-order valence-electron chi connectivity index (χ2n) is 4.82. The molecule has 1 fully saturated rings. The Kier molecular flexibility index (Phi) is 5.81. The molecule has 1 heterocycles. The van der Waals surface area contributed by atoms with Gasteiger partial charge in [-0.3, -0.25) is 19.3 Å². The van der Waals surface area contributed by atoms with Gasteiger partial charge in [-0.15, -0.1) is 6.58 Å². The van der Waals surface area contributed by atoms with E-state index in [4.69, 9.17) is 4.74 Å². The zero-order valence-electron chi connectivity index (χ0n) is 12.8. The van der Waals surface area contributed by atoms with Gasteiger partial charge in [0.05, 0.1) is 6.61 Å². The zero-order valence-corrected chi connectivity index (χ0v) is 13.6. The molecular weight excluding hydrogens is 316 g/mol. The van der Waals surface area contributed by atoms with Crippen LogP contribution in [-0.2, 0) is 9.59 Å². The van der Waals surface area contributed by atoms with Crippen LogP contribution in [0.15, 0.2) is 36.9 Å². The smallest absolute Gasteiger partial charge is 0.289 e. The summed E-state index contributed by atoms with van der Waals surface area (Å²) < 4.78 is 5.32. The van der Waals surface area contributed by atoms with Crippen LogP contribution < -0.4 is 10.1 Å². The van der Waals surface area contributed by atoms with Gasteiger partial charge >= 0.3 is 0 Å². The summed E-state index contributed by atoms with van der Waals surface area (Å²) in [6, 6.07) is 6.96. The summed E-state index contributed by atoms with van der Waals surface area (Å²) in [5.74, 6) is 0.0627. The molecular formula is C16H18N2O4S. The topological polar surface area (TPSA) is 75.7 Å².